The fourth-order valence-electron chi connectivity index (χ4n) is 1.38. The maximum atomic E-state index is 11.5. The molecular weight excluding hydrogens is 337 g/mol. The Labute approximate surface area is 135 Å². The van der Waals surface area contributed by atoms with Crippen LogP contribution < -0.4 is 10.6 Å². The summed E-state index contributed by atoms with van der Waals surface area (Å²) in [6, 6.07) is 3.55. The number of nitrogens with one attached hydrogen (secondary N) is 2. The van der Waals surface area contributed by atoms with Gasteiger partial charge < -0.3 is 10.6 Å². The van der Waals surface area contributed by atoms with Gasteiger partial charge in [-0.1, -0.05) is 48.4 Å². The molecule has 2 rings (SSSR count). The Kier molecular flexibility index (Phi) is 4.80. The summed E-state index contributed by atoms with van der Waals surface area (Å²) in [6.45, 7) is 3.58. The van der Waals surface area contributed by atoms with E-state index < -0.39 is 0 Å². The van der Waals surface area contributed by atoms with Crippen molar-refractivity contribution in [2.45, 2.75) is 13.8 Å². The van der Waals surface area contributed by atoms with Crippen molar-refractivity contribution < 1.29 is 4.79 Å². The molecule has 2 aromatic rings. The highest BCUT2D eigenvalue weighted by atomic mass is 35.5. The maximum Gasteiger partial charge on any atom is 0.228 e. The minimum absolute atomic E-state index is 0.140. The number of hydrogen-bond acceptors (Lipinski definition) is 4. The molecule has 2 N–H and O–H groups in total. The Morgan fingerprint density at radius 2 is 2.10 bits per heavy atom. The lowest BCUT2D eigenvalue weighted by molar-refractivity contribution is -0.122. The zero-order chi connectivity index (χ0) is 14.9. The molecule has 0 bridgehead atoms. The number of hydrogen-bond donors (Lipinski definition) is 2. The highest BCUT2D eigenvalue weighted by Crippen LogP contribution is 2.35. The summed E-state index contributed by atoms with van der Waals surface area (Å²) in [4.78, 5) is 15.8. The fraction of sp³-hybridized carbons (Fsp3) is 0.250. The second-order valence-electron chi connectivity index (χ2n) is 4.33. The van der Waals surface area contributed by atoms with Gasteiger partial charge in [0.1, 0.15) is 5.52 Å². The van der Waals surface area contributed by atoms with Gasteiger partial charge >= 0.3 is 0 Å². The number of nitrogens with zero attached hydrogens (tertiary/aromatic N) is 1. The first-order valence-electron chi connectivity index (χ1n) is 5.75. The Morgan fingerprint density at radius 3 is 2.75 bits per heavy atom. The number of aromatic nitrogens is 1. The summed E-state index contributed by atoms with van der Waals surface area (Å²) in [6.07, 6.45) is 0. The van der Waals surface area contributed by atoms with Crippen LogP contribution in [-0.4, -0.2) is 16.0 Å². The number of rotatable bonds is 2. The first-order valence-corrected chi connectivity index (χ1v) is 7.73. The summed E-state index contributed by atoms with van der Waals surface area (Å²) >= 11 is 18.5. The normalized spacial score (nSPS) is 10.8. The molecule has 0 saturated carbocycles. The first kappa shape index (κ1) is 15.4. The van der Waals surface area contributed by atoms with Crippen molar-refractivity contribution in [1.82, 2.24) is 10.3 Å². The van der Waals surface area contributed by atoms with E-state index in [0.717, 1.165) is 4.70 Å². The van der Waals surface area contributed by atoms with Crippen LogP contribution in [0.5, 0.6) is 0 Å². The minimum Gasteiger partial charge on any atom is -0.308 e. The molecule has 4 nitrogen and oxygen atoms in total. The van der Waals surface area contributed by atoms with Crippen molar-refractivity contribution in [3.63, 3.8) is 0 Å². The molecule has 1 aromatic carbocycles. The molecule has 0 radical (unpaired) electrons. The van der Waals surface area contributed by atoms with E-state index in [2.05, 4.69) is 15.6 Å². The van der Waals surface area contributed by atoms with Gasteiger partial charge in [-0.2, -0.15) is 0 Å². The number of anilines is 1. The smallest absolute Gasteiger partial charge is 0.228 e. The van der Waals surface area contributed by atoms with Crippen LogP contribution in [0.1, 0.15) is 13.8 Å². The van der Waals surface area contributed by atoms with Gasteiger partial charge in [-0.15, -0.1) is 0 Å². The molecule has 0 unspecified atom stereocenters. The summed E-state index contributed by atoms with van der Waals surface area (Å²) in [5, 5.41) is 7.08. The lowest BCUT2D eigenvalue weighted by Crippen LogP contribution is -2.36. The Hall–Kier alpha value is -0.950. The number of fused-ring (bicyclic) bond motifs is 1. The van der Waals surface area contributed by atoms with Crippen LogP contribution in [0.4, 0.5) is 5.13 Å². The molecule has 0 aliphatic carbocycles. The first-order chi connectivity index (χ1) is 9.38. The van der Waals surface area contributed by atoms with Crippen LogP contribution in [0, 0.1) is 5.92 Å². The van der Waals surface area contributed by atoms with Crippen LogP contribution in [0.15, 0.2) is 12.1 Å². The van der Waals surface area contributed by atoms with Crippen molar-refractivity contribution in [2.75, 3.05) is 5.32 Å². The average Bonchev–Trinajstić information content (AvgIpc) is 2.77. The third kappa shape index (κ3) is 3.38. The molecule has 0 spiro atoms. The highest BCUT2D eigenvalue weighted by Gasteiger charge is 2.13. The van der Waals surface area contributed by atoms with Gasteiger partial charge in [-0.25, -0.2) is 4.98 Å². The summed E-state index contributed by atoms with van der Waals surface area (Å²) in [5.41, 5.74) is 0.615. The van der Waals surface area contributed by atoms with Gasteiger partial charge in [-0.3, -0.25) is 4.79 Å². The fourth-order valence-corrected chi connectivity index (χ4v) is 2.93. The van der Waals surface area contributed by atoms with E-state index in [4.69, 9.17) is 35.4 Å². The number of thiocarbonyl (C=S) groups is 1. The number of carbonyl (C=O) groups is 1. The molecular formula is C12H11Cl2N3OS2. The number of halogens is 2. The summed E-state index contributed by atoms with van der Waals surface area (Å²) in [5.74, 6) is -0.289. The van der Waals surface area contributed by atoms with E-state index in [9.17, 15) is 4.79 Å². The van der Waals surface area contributed by atoms with Crippen LogP contribution in [0.3, 0.4) is 0 Å². The van der Waals surface area contributed by atoms with E-state index in [-0.39, 0.29) is 16.9 Å². The van der Waals surface area contributed by atoms with Crippen LogP contribution in [0.2, 0.25) is 10.0 Å². The zero-order valence-corrected chi connectivity index (χ0v) is 13.8. The van der Waals surface area contributed by atoms with Gasteiger partial charge in [0.15, 0.2) is 10.2 Å². The van der Waals surface area contributed by atoms with Gasteiger partial charge in [0.05, 0.1) is 14.7 Å². The van der Waals surface area contributed by atoms with Gasteiger partial charge in [0.2, 0.25) is 5.91 Å². The number of carbonyl (C=O) groups excluding carboxylic acids is 1. The molecule has 0 fully saturated rings. The standard InChI is InChI=1S/C12H11Cl2N3OS2/c1-5(2)10(18)16-11(19)17-12-15-9-7(20-12)4-3-6(13)8(9)14/h3-5H,1-2H3,(H2,15,16,17,18,19). The van der Waals surface area contributed by atoms with E-state index in [0.29, 0.717) is 20.7 Å². The maximum absolute atomic E-state index is 11.5. The van der Waals surface area contributed by atoms with Crippen LogP contribution in [-0.2, 0) is 4.79 Å². The highest BCUT2D eigenvalue weighted by molar-refractivity contribution is 7.80. The van der Waals surface area contributed by atoms with Gasteiger partial charge in [0, 0.05) is 5.92 Å². The second kappa shape index (κ2) is 6.22. The quantitative estimate of drug-likeness (QED) is 0.804. The average molecular weight is 348 g/mol. The molecule has 0 atom stereocenters. The van der Waals surface area contributed by atoms with Crippen LogP contribution >= 0.6 is 46.8 Å². The van der Waals surface area contributed by atoms with E-state index in [1.165, 1.54) is 11.3 Å². The predicted octanol–water partition coefficient (Wildman–Crippen LogP) is 4.07. The molecule has 1 heterocycles. The predicted molar refractivity (Wildman–Crippen MR) is 88.8 cm³/mol. The monoisotopic (exact) mass is 347 g/mol. The minimum atomic E-state index is -0.148. The molecule has 106 valence electrons. The Morgan fingerprint density at radius 1 is 1.40 bits per heavy atom. The second-order valence-corrected chi connectivity index (χ2v) is 6.55. The third-order valence-electron chi connectivity index (χ3n) is 2.43. The van der Waals surface area contributed by atoms with Crippen LogP contribution in [0.25, 0.3) is 10.2 Å². The van der Waals surface area contributed by atoms with Crippen molar-refractivity contribution in [3.8, 4) is 0 Å². The van der Waals surface area contributed by atoms with Gasteiger partial charge in [0.25, 0.3) is 0 Å². The molecule has 8 heteroatoms. The van der Waals surface area contributed by atoms with Crippen molar-refractivity contribution in [3.05, 3.63) is 22.2 Å². The topological polar surface area (TPSA) is 54.0 Å². The van der Waals surface area contributed by atoms with Gasteiger partial charge in [-0.05, 0) is 24.4 Å². The zero-order valence-electron chi connectivity index (χ0n) is 10.7. The molecule has 20 heavy (non-hydrogen) atoms. The van der Waals surface area contributed by atoms with Crippen molar-refractivity contribution in [2.24, 2.45) is 5.92 Å². The van der Waals surface area contributed by atoms with Crippen molar-refractivity contribution >= 4 is 73.1 Å². The Balaban J connectivity index is 2.16. The summed E-state index contributed by atoms with van der Waals surface area (Å²) < 4.78 is 0.889. The third-order valence-corrected chi connectivity index (χ3v) is 4.37. The SMILES string of the molecule is CC(C)C(=O)NC(=S)Nc1nc2c(Cl)c(Cl)ccc2s1. The molecule has 0 aliphatic heterocycles. The summed E-state index contributed by atoms with van der Waals surface area (Å²) in [7, 11) is 0. The lowest BCUT2D eigenvalue weighted by atomic mass is 10.2. The molecule has 0 aliphatic rings. The van der Waals surface area contributed by atoms with Crippen molar-refractivity contribution in [1.29, 1.82) is 0 Å². The van der Waals surface area contributed by atoms with E-state index >= 15 is 0 Å². The Bertz CT molecular complexity index is 685. The number of benzene rings is 1. The number of amides is 1. The molecule has 0 saturated heterocycles. The largest absolute Gasteiger partial charge is 0.308 e. The van der Waals surface area contributed by atoms with E-state index in [1.54, 1.807) is 19.9 Å². The lowest BCUT2D eigenvalue weighted by Gasteiger charge is -2.08. The van der Waals surface area contributed by atoms with E-state index in [1.807, 2.05) is 6.07 Å². The number of thiazole rings is 1. The molecule has 1 aromatic heterocycles. The molecule has 1 amide bonds.